The summed E-state index contributed by atoms with van der Waals surface area (Å²) in [6.07, 6.45) is 0.909. The molecule has 0 spiro atoms. The fraction of sp³-hybridized carbons (Fsp3) is 0.524. The van der Waals surface area contributed by atoms with Crippen molar-refractivity contribution >= 4 is 23.7 Å². The number of urea groups is 1. The van der Waals surface area contributed by atoms with E-state index in [9.17, 15) is 14.0 Å². The summed E-state index contributed by atoms with van der Waals surface area (Å²) in [5, 5.41) is 3.34. The Hall–Kier alpha value is -2.85. The number of nitrogens with one attached hydrogen (secondary N) is 1. The Morgan fingerprint density at radius 3 is 2.58 bits per heavy atom. The van der Waals surface area contributed by atoms with E-state index < -0.39 is 12.1 Å². The van der Waals surface area contributed by atoms with E-state index in [1.165, 1.54) is 24.1 Å². The Labute approximate surface area is 180 Å². The molecule has 4 rings (SSSR count). The predicted octanol–water partition coefficient (Wildman–Crippen LogP) is 0.311. The third kappa shape index (κ3) is 4.45. The maximum Gasteiger partial charge on any atom is 0.390 e. The molecular formula is C21H28FN6O3+. The van der Waals surface area contributed by atoms with Gasteiger partial charge in [-0.05, 0) is 24.1 Å². The van der Waals surface area contributed by atoms with Gasteiger partial charge in [0.2, 0.25) is 11.9 Å². The molecule has 0 bridgehead atoms. The highest BCUT2D eigenvalue weighted by atomic mass is 19.1. The molecule has 166 valence electrons. The Kier molecular flexibility index (Phi) is 6.28. The van der Waals surface area contributed by atoms with Crippen LogP contribution in [0.3, 0.4) is 0 Å². The van der Waals surface area contributed by atoms with Crippen molar-refractivity contribution < 1.29 is 23.3 Å². The van der Waals surface area contributed by atoms with Crippen molar-refractivity contribution in [1.29, 1.82) is 0 Å². The van der Waals surface area contributed by atoms with Crippen LogP contribution in [0.4, 0.5) is 9.18 Å². The smallest absolute Gasteiger partial charge is 0.379 e. The molecule has 0 aliphatic carbocycles. The van der Waals surface area contributed by atoms with E-state index in [2.05, 4.69) is 15.2 Å². The molecule has 2 fully saturated rings. The zero-order chi connectivity index (χ0) is 22.0. The summed E-state index contributed by atoms with van der Waals surface area (Å²) in [5.41, 5.74) is 0.848. The molecule has 0 aromatic heterocycles. The third-order valence-corrected chi connectivity index (χ3v) is 5.83. The molecule has 9 nitrogen and oxygen atoms in total. The molecule has 0 radical (unpaired) electrons. The second kappa shape index (κ2) is 9.11. The quantitative estimate of drug-likeness (QED) is 0.518. The molecule has 1 atom stereocenters. The minimum atomic E-state index is -0.695. The average molecular weight is 431 g/mol. The molecule has 31 heavy (non-hydrogen) atoms. The first kappa shape index (κ1) is 21.4. The molecule has 2 saturated heterocycles. The normalized spacial score (nSPS) is 22.2. The van der Waals surface area contributed by atoms with E-state index >= 15 is 0 Å². The van der Waals surface area contributed by atoms with Crippen molar-refractivity contribution in [1.82, 2.24) is 20.0 Å². The van der Waals surface area contributed by atoms with Gasteiger partial charge in [-0.2, -0.15) is 0 Å². The lowest BCUT2D eigenvalue weighted by molar-refractivity contribution is -0.553. The molecule has 3 aliphatic rings. The lowest BCUT2D eigenvalue weighted by atomic mass is 10.1. The highest BCUT2D eigenvalue weighted by molar-refractivity contribution is 6.22. The summed E-state index contributed by atoms with van der Waals surface area (Å²) in [4.78, 5) is 34.8. The van der Waals surface area contributed by atoms with Crippen LogP contribution in [0.5, 0.6) is 0 Å². The number of guanidine groups is 1. The summed E-state index contributed by atoms with van der Waals surface area (Å²) in [6, 6.07) is 5.07. The monoisotopic (exact) mass is 431 g/mol. The molecule has 3 aliphatic heterocycles. The van der Waals surface area contributed by atoms with Crippen LogP contribution in [0, 0.1) is 5.82 Å². The second-order valence-corrected chi connectivity index (χ2v) is 7.92. The third-order valence-electron chi connectivity index (χ3n) is 5.83. The first-order chi connectivity index (χ1) is 15.0. The van der Waals surface area contributed by atoms with Gasteiger partial charge in [-0.1, -0.05) is 17.1 Å². The molecule has 0 saturated carbocycles. The van der Waals surface area contributed by atoms with Crippen LogP contribution >= 0.6 is 0 Å². The molecule has 1 aromatic rings. The predicted molar refractivity (Wildman–Crippen MR) is 112 cm³/mol. The number of morpholine rings is 1. The summed E-state index contributed by atoms with van der Waals surface area (Å²) >= 11 is 0. The molecule has 1 unspecified atom stereocenters. The van der Waals surface area contributed by atoms with Crippen LogP contribution in [0.2, 0.25) is 0 Å². The van der Waals surface area contributed by atoms with Crippen molar-refractivity contribution in [2.24, 2.45) is 4.99 Å². The van der Waals surface area contributed by atoms with Crippen LogP contribution in [0.25, 0.3) is 0 Å². The zero-order valence-corrected chi connectivity index (χ0v) is 17.9. The van der Waals surface area contributed by atoms with Crippen molar-refractivity contribution in [2.75, 3.05) is 53.5 Å². The number of nitrogens with zero attached hydrogens (tertiary/aromatic N) is 5. The van der Waals surface area contributed by atoms with Crippen molar-refractivity contribution in [2.45, 2.75) is 19.0 Å². The Morgan fingerprint density at radius 2 is 1.87 bits per heavy atom. The number of ether oxygens (including phenoxy) is 1. The van der Waals surface area contributed by atoms with Crippen LogP contribution < -0.4 is 5.32 Å². The van der Waals surface area contributed by atoms with Gasteiger partial charge in [0.15, 0.2) is 0 Å². The number of carbonyl (C=O) groups excluding carboxylic acids is 2. The number of hydrogen-bond donors (Lipinski definition) is 1. The average Bonchev–Trinajstić information content (AvgIpc) is 3.14. The number of halogens is 1. The molecule has 3 heterocycles. The SMILES string of the molecule is CN1C(=O)C2C(=NC(NCCCN3CCOCC3)=[N+]2Cc2ccc(F)cc2)N(C)C1=O. The van der Waals surface area contributed by atoms with E-state index in [0.29, 0.717) is 24.9 Å². The van der Waals surface area contributed by atoms with Gasteiger partial charge in [0.05, 0.1) is 26.3 Å². The molecule has 10 heteroatoms. The molecule has 1 aromatic carbocycles. The van der Waals surface area contributed by atoms with E-state index in [1.54, 1.807) is 19.2 Å². The summed E-state index contributed by atoms with van der Waals surface area (Å²) < 4.78 is 20.6. The number of likely N-dealkylation sites (N-methyl/N-ethyl adjacent to an activating group) is 2. The van der Waals surface area contributed by atoms with Gasteiger partial charge in [-0.25, -0.2) is 13.8 Å². The second-order valence-electron chi connectivity index (χ2n) is 7.92. The molecule has 1 N–H and O–H groups in total. The van der Waals surface area contributed by atoms with Gasteiger partial charge in [-0.3, -0.25) is 24.8 Å². The number of aliphatic imine (C=N–C) groups is 1. The number of benzene rings is 1. The first-order valence-corrected chi connectivity index (χ1v) is 10.5. The zero-order valence-electron chi connectivity index (χ0n) is 17.9. The summed E-state index contributed by atoms with van der Waals surface area (Å²) in [6.45, 7) is 5.39. The van der Waals surface area contributed by atoms with Crippen LogP contribution in [-0.4, -0.2) is 103 Å². The van der Waals surface area contributed by atoms with Gasteiger partial charge >= 0.3 is 12.0 Å². The van der Waals surface area contributed by atoms with E-state index in [1.807, 2.05) is 4.58 Å². The fourth-order valence-electron chi connectivity index (χ4n) is 4.02. The van der Waals surface area contributed by atoms with Gasteiger partial charge < -0.3 is 4.74 Å². The van der Waals surface area contributed by atoms with Crippen molar-refractivity contribution in [3.63, 3.8) is 0 Å². The largest absolute Gasteiger partial charge is 0.390 e. The minimum Gasteiger partial charge on any atom is -0.379 e. The minimum absolute atomic E-state index is 0.314. The van der Waals surface area contributed by atoms with Gasteiger partial charge in [0, 0.05) is 33.7 Å². The maximum absolute atomic E-state index is 13.3. The van der Waals surface area contributed by atoms with E-state index in [-0.39, 0.29) is 11.7 Å². The van der Waals surface area contributed by atoms with Gasteiger partial charge in [-0.15, -0.1) is 0 Å². The number of amides is 3. The van der Waals surface area contributed by atoms with Crippen molar-refractivity contribution in [3.05, 3.63) is 35.6 Å². The summed E-state index contributed by atoms with van der Waals surface area (Å²) in [7, 11) is 3.09. The number of amidine groups is 1. The van der Waals surface area contributed by atoms with E-state index in [0.717, 1.165) is 49.7 Å². The summed E-state index contributed by atoms with van der Waals surface area (Å²) in [5.74, 6) is 0.320. The first-order valence-electron chi connectivity index (χ1n) is 10.5. The lowest BCUT2D eigenvalue weighted by Gasteiger charge is -2.31. The fourth-order valence-corrected chi connectivity index (χ4v) is 4.02. The van der Waals surface area contributed by atoms with E-state index in [4.69, 9.17) is 4.74 Å². The maximum atomic E-state index is 13.3. The molecule has 3 amide bonds. The number of fused-ring (bicyclic) bond motifs is 1. The van der Waals surface area contributed by atoms with Crippen molar-refractivity contribution in [3.8, 4) is 0 Å². The van der Waals surface area contributed by atoms with Crippen LogP contribution in [0.1, 0.15) is 12.0 Å². The molecular weight excluding hydrogens is 403 g/mol. The number of rotatable bonds is 6. The van der Waals surface area contributed by atoms with Gasteiger partial charge in [0.1, 0.15) is 5.82 Å². The topological polar surface area (TPSA) is 80.5 Å². The number of carbonyl (C=O) groups is 2. The Balaban J connectivity index is 1.51. The highest BCUT2D eigenvalue weighted by Gasteiger charge is 2.51. The Morgan fingerprint density at radius 1 is 1.16 bits per heavy atom. The number of imide groups is 1. The lowest BCUT2D eigenvalue weighted by Crippen LogP contribution is -2.61. The van der Waals surface area contributed by atoms with Crippen LogP contribution in [0.15, 0.2) is 29.3 Å². The van der Waals surface area contributed by atoms with Crippen LogP contribution in [-0.2, 0) is 16.1 Å². The van der Waals surface area contributed by atoms with Gasteiger partial charge in [0.25, 0.3) is 5.91 Å². The standard InChI is InChI=1S/C21H27FN6O3/c1-25-18-17(19(29)26(2)21(25)30)28(14-15-4-6-16(22)7-5-15)20(24-18)23-8-3-9-27-10-12-31-13-11-27/h4-7,17H,3,8-14H2,1-2H3/p+1. The highest BCUT2D eigenvalue weighted by Crippen LogP contribution is 2.20. The number of hydrogen-bond acceptors (Lipinski definition) is 6. The Bertz CT molecular complexity index is 910.